The molecule has 3 nitrogen and oxygen atoms in total. The van der Waals surface area contributed by atoms with E-state index in [1.54, 1.807) is 0 Å². The zero-order valence-corrected chi connectivity index (χ0v) is 12.9. The molecule has 1 unspecified atom stereocenters. The third-order valence-electron chi connectivity index (χ3n) is 2.40. The van der Waals surface area contributed by atoms with Crippen molar-refractivity contribution in [3.8, 4) is 0 Å². The largest absolute Gasteiger partial charge is 0.351 e. The topological polar surface area (TPSA) is 41.1 Å². The first-order valence-corrected chi connectivity index (χ1v) is 7.32. The highest BCUT2D eigenvalue weighted by Crippen LogP contribution is 2.24. The Bertz CT molecular complexity index is 398. The molecule has 1 atom stereocenters. The van der Waals surface area contributed by atoms with Crippen LogP contribution in [0.15, 0.2) is 11.4 Å². The number of thiophene rings is 1. The van der Waals surface area contributed by atoms with Gasteiger partial charge in [-0.05, 0) is 44.7 Å². The van der Waals surface area contributed by atoms with Crippen LogP contribution in [0.2, 0.25) is 4.34 Å². The van der Waals surface area contributed by atoms with Crippen molar-refractivity contribution in [2.45, 2.75) is 45.7 Å². The lowest BCUT2D eigenvalue weighted by Crippen LogP contribution is -2.41. The summed E-state index contributed by atoms with van der Waals surface area (Å²) in [5.74, 6) is 0.0746. The van der Waals surface area contributed by atoms with E-state index in [4.69, 9.17) is 11.6 Å². The SMILES string of the molecule is CC(NCCC(=O)NC(C)(C)C)c1csc(Cl)c1. The number of amides is 1. The van der Waals surface area contributed by atoms with E-state index in [9.17, 15) is 4.79 Å². The molecule has 0 aromatic carbocycles. The average molecular weight is 289 g/mol. The summed E-state index contributed by atoms with van der Waals surface area (Å²) in [6.45, 7) is 8.67. The van der Waals surface area contributed by atoms with Crippen LogP contribution in [0.1, 0.15) is 45.7 Å². The zero-order chi connectivity index (χ0) is 13.8. The summed E-state index contributed by atoms with van der Waals surface area (Å²) in [4.78, 5) is 11.6. The molecule has 1 amide bonds. The lowest BCUT2D eigenvalue weighted by molar-refractivity contribution is -0.122. The predicted molar refractivity (Wildman–Crippen MR) is 78.3 cm³/mol. The second kappa shape index (κ2) is 6.55. The first kappa shape index (κ1) is 15.5. The summed E-state index contributed by atoms with van der Waals surface area (Å²) in [5.41, 5.74) is 1.00. The van der Waals surface area contributed by atoms with Crippen molar-refractivity contribution < 1.29 is 4.79 Å². The van der Waals surface area contributed by atoms with E-state index in [-0.39, 0.29) is 17.5 Å². The lowest BCUT2D eigenvalue weighted by Gasteiger charge is -2.21. The fourth-order valence-corrected chi connectivity index (χ4v) is 2.54. The van der Waals surface area contributed by atoms with Crippen LogP contribution in [0.3, 0.4) is 0 Å². The maximum absolute atomic E-state index is 11.6. The molecule has 0 aliphatic carbocycles. The molecule has 0 aliphatic rings. The zero-order valence-electron chi connectivity index (χ0n) is 11.3. The van der Waals surface area contributed by atoms with Crippen LogP contribution in [-0.4, -0.2) is 18.0 Å². The minimum absolute atomic E-state index is 0.0746. The van der Waals surface area contributed by atoms with Gasteiger partial charge in [-0.3, -0.25) is 4.79 Å². The Labute approximate surface area is 118 Å². The summed E-state index contributed by atoms with van der Waals surface area (Å²) in [6, 6.07) is 2.18. The van der Waals surface area contributed by atoms with Gasteiger partial charge in [0.15, 0.2) is 0 Å². The van der Waals surface area contributed by atoms with E-state index in [0.29, 0.717) is 13.0 Å². The lowest BCUT2D eigenvalue weighted by atomic mass is 10.1. The van der Waals surface area contributed by atoms with Crippen molar-refractivity contribution in [2.75, 3.05) is 6.54 Å². The van der Waals surface area contributed by atoms with E-state index in [1.807, 2.05) is 32.2 Å². The molecule has 5 heteroatoms. The van der Waals surface area contributed by atoms with Gasteiger partial charge in [0, 0.05) is 24.5 Å². The molecule has 1 aromatic heterocycles. The van der Waals surface area contributed by atoms with Crippen LogP contribution in [0, 0.1) is 0 Å². The van der Waals surface area contributed by atoms with Crippen molar-refractivity contribution in [1.82, 2.24) is 10.6 Å². The van der Waals surface area contributed by atoms with Crippen molar-refractivity contribution in [1.29, 1.82) is 0 Å². The molecule has 0 radical (unpaired) electrons. The van der Waals surface area contributed by atoms with Crippen molar-refractivity contribution in [3.63, 3.8) is 0 Å². The number of halogens is 1. The quantitative estimate of drug-likeness (QED) is 0.872. The van der Waals surface area contributed by atoms with Crippen LogP contribution < -0.4 is 10.6 Å². The maximum Gasteiger partial charge on any atom is 0.221 e. The second-order valence-corrected chi connectivity index (χ2v) is 6.95. The first-order chi connectivity index (χ1) is 8.28. The molecule has 0 aliphatic heterocycles. The van der Waals surface area contributed by atoms with Gasteiger partial charge in [-0.1, -0.05) is 11.6 Å². The summed E-state index contributed by atoms with van der Waals surface area (Å²) in [7, 11) is 0. The Balaban J connectivity index is 2.27. The van der Waals surface area contributed by atoms with Gasteiger partial charge in [0.05, 0.1) is 4.34 Å². The van der Waals surface area contributed by atoms with Gasteiger partial charge in [-0.25, -0.2) is 0 Å². The molecule has 0 fully saturated rings. The Hall–Kier alpha value is -0.580. The molecule has 0 bridgehead atoms. The highest BCUT2D eigenvalue weighted by molar-refractivity contribution is 7.14. The highest BCUT2D eigenvalue weighted by Gasteiger charge is 2.13. The summed E-state index contributed by atoms with van der Waals surface area (Å²) < 4.78 is 0.795. The van der Waals surface area contributed by atoms with Gasteiger partial charge >= 0.3 is 0 Å². The van der Waals surface area contributed by atoms with Gasteiger partial charge in [0.2, 0.25) is 5.91 Å². The molecule has 1 heterocycles. The van der Waals surface area contributed by atoms with Crippen LogP contribution in [0.25, 0.3) is 0 Å². The monoisotopic (exact) mass is 288 g/mol. The van der Waals surface area contributed by atoms with E-state index < -0.39 is 0 Å². The smallest absolute Gasteiger partial charge is 0.221 e. The molecular formula is C13H21ClN2OS. The summed E-state index contributed by atoms with van der Waals surface area (Å²) in [5, 5.41) is 8.29. The fraction of sp³-hybridized carbons (Fsp3) is 0.615. The minimum atomic E-state index is -0.163. The number of hydrogen-bond donors (Lipinski definition) is 2. The van der Waals surface area contributed by atoms with Crippen LogP contribution in [-0.2, 0) is 4.79 Å². The molecule has 2 N–H and O–H groups in total. The molecule has 18 heavy (non-hydrogen) atoms. The standard InChI is InChI=1S/C13H21ClN2OS/c1-9(10-7-11(14)18-8-10)15-6-5-12(17)16-13(2,3)4/h7-9,15H,5-6H2,1-4H3,(H,16,17). The second-order valence-electron chi connectivity index (χ2n) is 5.41. The number of rotatable bonds is 5. The van der Waals surface area contributed by atoms with Gasteiger partial charge < -0.3 is 10.6 Å². The third kappa shape index (κ3) is 5.85. The van der Waals surface area contributed by atoms with Crippen LogP contribution in [0.4, 0.5) is 0 Å². The van der Waals surface area contributed by atoms with Crippen LogP contribution >= 0.6 is 22.9 Å². The molecule has 0 saturated carbocycles. The Morgan fingerprint density at radius 3 is 2.67 bits per heavy atom. The van der Waals surface area contributed by atoms with E-state index in [0.717, 1.165) is 4.34 Å². The van der Waals surface area contributed by atoms with E-state index in [1.165, 1.54) is 16.9 Å². The van der Waals surface area contributed by atoms with Crippen molar-refractivity contribution in [3.05, 3.63) is 21.3 Å². The molecule has 1 rings (SSSR count). The maximum atomic E-state index is 11.6. The number of carbonyl (C=O) groups is 1. The van der Waals surface area contributed by atoms with E-state index >= 15 is 0 Å². The van der Waals surface area contributed by atoms with Gasteiger partial charge in [-0.2, -0.15) is 0 Å². The Morgan fingerprint density at radius 2 is 2.17 bits per heavy atom. The number of carbonyl (C=O) groups excluding carboxylic acids is 1. The summed E-state index contributed by atoms with van der Waals surface area (Å²) in [6.07, 6.45) is 0.486. The van der Waals surface area contributed by atoms with Crippen molar-refractivity contribution >= 4 is 28.8 Å². The van der Waals surface area contributed by atoms with Crippen LogP contribution in [0.5, 0.6) is 0 Å². The van der Waals surface area contributed by atoms with E-state index in [2.05, 4.69) is 17.6 Å². The summed E-state index contributed by atoms with van der Waals surface area (Å²) >= 11 is 7.41. The number of nitrogens with one attached hydrogen (secondary N) is 2. The molecular weight excluding hydrogens is 268 g/mol. The Kier molecular flexibility index (Phi) is 5.63. The molecule has 1 aromatic rings. The molecule has 0 saturated heterocycles. The average Bonchev–Trinajstić information content (AvgIpc) is 2.62. The first-order valence-electron chi connectivity index (χ1n) is 6.06. The minimum Gasteiger partial charge on any atom is -0.351 e. The third-order valence-corrected chi connectivity index (χ3v) is 3.51. The Morgan fingerprint density at radius 1 is 1.50 bits per heavy atom. The predicted octanol–water partition coefficient (Wildman–Crippen LogP) is 3.36. The molecule has 0 spiro atoms. The number of hydrogen-bond acceptors (Lipinski definition) is 3. The van der Waals surface area contributed by atoms with Gasteiger partial charge in [-0.15, -0.1) is 11.3 Å². The highest BCUT2D eigenvalue weighted by atomic mass is 35.5. The molecule has 102 valence electrons. The van der Waals surface area contributed by atoms with Gasteiger partial charge in [0.1, 0.15) is 0 Å². The van der Waals surface area contributed by atoms with Gasteiger partial charge in [0.25, 0.3) is 0 Å². The van der Waals surface area contributed by atoms with Crippen molar-refractivity contribution in [2.24, 2.45) is 0 Å². The normalized spacial score (nSPS) is 13.4. The fourth-order valence-electron chi connectivity index (χ4n) is 1.55.